The van der Waals surface area contributed by atoms with Gasteiger partial charge in [-0.05, 0) is 68.7 Å². The largest absolute Gasteiger partial charge is 0.360 e. The second-order valence-electron chi connectivity index (χ2n) is 6.98. The monoisotopic (exact) mass is 348 g/mol. The summed E-state index contributed by atoms with van der Waals surface area (Å²) in [6, 6.07) is 10.4. The predicted molar refractivity (Wildman–Crippen MR) is 105 cm³/mol. The summed E-state index contributed by atoms with van der Waals surface area (Å²) < 4.78 is 6.02. The highest BCUT2D eigenvalue weighted by Gasteiger charge is 2.24. The van der Waals surface area contributed by atoms with Gasteiger partial charge in [-0.15, -0.1) is 0 Å². The number of hydrogen-bond acceptors (Lipinski definition) is 4. The van der Waals surface area contributed by atoms with E-state index in [1.54, 1.807) is 0 Å². The molecule has 2 atom stereocenters. The first-order chi connectivity index (χ1) is 12.7. The topological polar surface area (TPSA) is 62.8 Å². The fourth-order valence-electron chi connectivity index (χ4n) is 3.52. The number of nitrogens with zero attached hydrogens (tertiary/aromatic N) is 2. The lowest BCUT2D eigenvalue weighted by Gasteiger charge is -2.31. The Morgan fingerprint density at radius 1 is 1.23 bits per heavy atom. The maximum Gasteiger partial charge on any atom is 0.134 e. The van der Waals surface area contributed by atoms with Crippen molar-refractivity contribution in [3.05, 3.63) is 59.6 Å². The van der Waals surface area contributed by atoms with Crippen LogP contribution in [0.2, 0.25) is 0 Å². The summed E-state index contributed by atoms with van der Waals surface area (Å²) in [7, 11) is 0. The van der Waals surface area contributed by atoms with Crippen LogP contribution in [0, 0.1) is 19.8 Å². The third-order valence-electron chi connectivity index (χ3n) is 4.75. The number of benzene rings is 1. The number of fused-ring (bicyclic) bond motifs is 1. The van der Waals surface area contributed by atoms with Gasteiger partial charge < -0.3 is 10.1 Å². The van der Waals surface area contributed by atoms with Gasteiger partial charge in [0, 0.05) is 29.3 Å². The van der Waals surface area contributed by atoms with Crippen LogP contribution >= 0.6 is 0 Å². The number of aryl methyl sites for hydroxylation is 2. The Hall–Kier alpha value is -2.66. The summed E-state index contributed by atoms with van der Waals surface area (Å²) in [5, 5.41) is 11.7. The number of pyridine rings is 1. The lowest BCUT2D eigenvalue weighted by atomic mass is 9.97. The van der Waals surface area contributed by atoms with Gasteiger partial charge in [0.1, 0.15) is 6.23 Å². The maximum absolute atomic E-state index is 6.02. The molecule has 5 nitrogen and oxygen atoms in total. The highest BCUT2D eigenvalue weighted by atomic mass is 16.5. The molecule has 5 heteroatoms. The van der Waals surface area contributed by atoms with Crippen LogP contribution in [-0.4, -0.2) is 28.0 Å². The molecule has 0 amide bonds. The zero-order chi connectivity index (χ0) is 17.9. The molecule has 26 heavy (non-hydrogen) atoms. The number of H-pyrrole nitrogens is 1. The molecule has 0 aliphatic carbocycles. The van der Waals surface area contributed by atoms with E-state index >= 15 is 0 Å². The summed E-state index contributed by atoms with van der Waals surface area (Å²) in [6.45, 7) is 4.92. The van der Waals surface area contributed by atoms with E-state index in [4.69, 9.17) is 4.74 Å². The lowest BCUT2D eigenvalue weighted by Crippen LogP contribution is -2.35. The van der Waals surface area contributed by atoms with Gasteiger partial charge in [-0.1, -0.05) is 6.08 Å². The fourth-order valence-corrected chi connectivity index (χ4v) is 3.52. The van der Waals surface area contributed by atoms with Crippen LogP contribution < -0.4 is 5.32 Å². The van der Waals surface area contributed by atoms with Crippen molar-refractivity contribution in [2.75, 3.05) is 11.9 Å². The zero-order valence-corrected chi connectivity index (χ0v) is 15.2. The third kappa shape index (κ3) is 3.78. The summed E-state index contributed by atoms with van der Waals surface area (Å²) >= 11 is 0. The quantitative estimate of drug-likeness (QED) is 0.731. The minimum atomic E-state index is -0.0359. The van der Waals surface area contributed by atoms with Crippen LogP contribution in [0.15, 0.2) is 42.6 Å². The molecule has 2 N–H and O–H groups in total. The Kier molecular flexibility index (Phi) is 4.71. The number of aromatic amines is 1. The van der Waals surface area contributed by atoms with Crippen LogP contribution in [-0.2, 0) is 4.74 Å². The first-order valence-electron chi connectivity index (χ1n) is 9.12. The van der Waals surface area contributed by atoms with Crippen molar-refractivity contribution in [1.82, 2.24) is 15.2 Å². The lowest BCUT2D eigenvalue weighted by molar-refractivity contribution is 0.00764. The van der Waals surface area contributed by atoms with Gasteiger partial charge in [-0.2, -0.15) is 5.10 Å². The number of hydrogen-bond donors (Lipinski definition) is 2. The normalized spacial score (nSPS) is 20.7. The van der Waals surface area contributed by atoms with E-state index < -0.39 is 0 Å². The average Bonchev–Trinajstić information content (AvgIpc) is 3.08. The van der Waals surface area contributed by atoms with Gasteiger partial charge in [-0.3, -0.25) is 10.1 Å². The minimum absolute atomic E-state index is 0.0359. The highest BCUT2D eigenvalue weighted by Crippen LogP contribution is 2.26. The van der Waals surface area contributed by atoms with E-state index in [-0.39, 0.29) is 6.23 Å². The Labute approximate surface area is 153 Å². The first kappa shape index (κ1) is 16.8. The van der Waals surface area contributed by atoms with Crippen molar-refractivity contribution in [2.45, 2.75) is 32.9 Å². The molecule has 1 aromatic carbocycles. The Morgan fingerprint density at radius 3 is 3.04 bits per heavy atom. The minimum Gasteiger partial charge on any atom is -0.360 e. The summed E-state index contributed by atoms with van der Waals surface area (Å²) in [6.07, 6.45) is 8.32. The van der Waals surface area contributed by atoms with E-state index in [1.165, 1.54) is 5.56 Å². The first-order valence-corrected chi connectivity index (χ1v) is 9.12. The molecule has 1 aliphatic heterocycles. The Morgan fingerprint density at radius 2 is 2.15 bits per heavy atom. The fraction of sp³-hybridized carbons (Fsp3) is 0.333. The van der Waals surface area contributed by atoms with Gasteiger partial charge in [0.2, 0.25) is 0 Å². The van der Waals surface area contributed by atoms with Crippen LogP contribution in [0.1, 0.15) is 29.8 Å². The zero-order valence-electron chi connectivity index (χ0n) is 15.2. The molecule has 2 unspecified atom stereocenters. The van der Waals surface area contributed by atoms with Crippen LogP contribution in [0.3, 0.4) is 0 Å². The van der Waals surface area contributed by atoms with E-state index in [0.29, 0.717) is 5.92 Å². The molecule has 3 heterocycles. The molecule has 1 fully saturated rings. The molecule has 0 saturated carbocycles. The molecule has 134 valence electrons. The Bertz CT molecular complexity index is 910. The third-order valence-corrected chi connectivity index (χ3v) is 4.75. The molecule has 1 saturated heterocycles. The second-order valence-corrected chi connectivity index (χ2v) is 6.98. The van der Waals surface area contributed by atoms with Crippen molar-refractivity contribution >= 4 is 22.7 Å². The maximum atomic E-state index is 6.02. The molecule has 0 radical (unpaired) electrons. The summed E-state index contributed by atoms with van der Waals surface area (Å²) in [5.74, 6) is 0.309. The molecule has 0 bridgehead atoms. The van der Waals surface area contributed by atoms with Crippen molar-refractivity contribution < 1.29 is 4.74 Å². The summed E-state index contributed by atoms with van der Waals surface area (Å²) in [4.78, 5) is 4.60. The van der Waals surface area contributed by atoms with Crippen LogP contribution in [0.25, 0.3) is 17.0 Å². The van der Waals surface area contributed by atoms with E-state index in [1.807, 2.05) is 13.1 Å². The number of anilines is 1. The number of ether oxygens (including phenoxy) is 1. The molecule has 4 rings (SSSR count). The van der Waals surface area contributed by atoms with Crippen molar-refractivity contribution in [1.29, 1.82) is 0 Å². The highest BCUT2D eigenvalue weighted by molar-refractivity contribution is 5.81. The standard InChI is InChI=1S/C21H24N4O/c1-14-10-15(2)23-18(11-14)7-5-16-4-3-9-26-21(16)24-19-8-6-17-13-22-25-20(17)12-19/h5-8,10-13,16,21,24H,3-4,9H2,1-2H3,(H,22,25). The SMILES string of the molecule is Cc1cc(C)nc(C=CC2CCCOC2Nc2ccc3cn[nH]c3c2)c1. The van der Waals surface area contributed by atoms with E-state index in [9.17, 15) is 0 Å². The van der Waals surface area contributed by atoms with Gasteiger partial charge >= 0.3 is 0 Å². The van der Waals surface area contributed by atoms with E-state index in [0.717, 1.165) is 47.4 Å². The second kappa shape index (κ2) is 7.30. The van der Waals surface area contributed by atoms with Gasteiger partial charge in [0.15, 0.2) is 0 Å². The van der Waals surface area contributed by atoms with E-state index in [2.05, 4.69) is 69.9 Å². The number of rotatable bonds is 4. The molecule has 3 aromatic rings. The molecule has 1 aliphatic rings. The van der Waals surface area contributed by atoms with Crippen LogP contribution in [0.5, 0.6) is 0 Å². The van der Waals surface area contributed by atoms with Crippen molar-refractivity contribution in [2.24, 2.45) is 5.92 Å². The smallest absolute Gasteiger partial charge is 0.134 e. The Balaban J connectivity index is 1.51. The van der Waals surface area contributed by atoms with Gasteiger partial charge in [-0.25, -0.2) is 0 Å². The molecule has 0 spiro atoms. The number of aromatic nitrogens is 3. The molecular weight excluding hydrogens is 324 g/mol. The molecule has 2 aromatic heterocycles. The van der Waals surface area contributed by atoms with Crippen molar-refractivity contribution in [3.63, 3.8) is 0 Å². The van der Waals surface area contributed by atoms with Gasteiger partial charge in [0.05, 0.1) is 17.4 Å². The van der Waals surface area contributed by atoms with Crippen LogP contribution in [0.4, 0.5) is 5.69 Å². The number of nitrogens with one attached hydrogen (secondary N) is 2. The molecular formula is C21H24N4O. The predicted octanol–water partition coefficient (Wildman–Crippen LogP) is 4.45. The average molecular weight is 348 g/mol. The van der Waals surface area contributed by atoms with Gasteiger partial charge in [0.25, 0.3) is 0 Å². The van der Waals surface area contributed by atoms with Crippen molar-refractivity contribution in [3.8, 4) is 0 Å². The summed E-state index contributed by atoms with van der Waals surface area (Å²) in [5.41, 5.74) is 5.35.